The maximum absolute atomic E-state index is 5.62. The fourth-order valence-electron chi connectivity index (χ4n) is 2.53. The van der Waals surface area contributed by atoms with Gasteiger partial charge < -0.3 is 14.2 Å². The lowest BCUT2D eigenvalue weighted by Gasteiger charge is -2.26. The molecule has 0 atom stereocenters. The quantitative estimate of drug-likeness (QED) is 0.750. The van der Waals surface area contributed by atoms with Gasteiger partial charge in [-0.25, -0.2) is 0 Å². The van der Waals surface area contributed by atoms with E-state index in [2.05, 4.69) is 33.0 Å². The average Bonchev–Trinajstić information content (AvgIpc) is 2.51. The second kappa shape index (κ2) is 8.61. The normalized spacial score (nSPS) is 16.0. The number of halogens is 1. The first-order valence-electron chi connectivity index (χ1n) is 7.54. The smallest absolute Gasteiger partial charge is 0.175 e. The molecule has 0 unspecified atom stereocenters. The molecule has 118 valence electrons. The van der Waals surface area contributed by atoms with Gasteiger partial charge in [0.2, 0.25) is 0 Å². The standard InChI is InChI=1S/C16H24BrNO3/c1-3-21-16-14(17)11-13(12-15(16)19-2)5-4-6-18-7-9-20-10-8-18/h11-12H,3-10H2,1-2H3. The molecule has 21 heavy (non-hydrogen) atoms. The maximum Gasteiger partial charge on any atom is 0.175 e. The molecule has 0 bridgehead atoms. The van der Waals surface area contributed by atoms with Crippen LogP contribution in [0, 0.1) is 0 Å². The molecule has 0 aliphatic carbocycles. The zero-order valence-electron chi connectivity index (χ0n) is 12.9. The molecule has 0 radical (unpaired) electrons. The highest BCUT2D eigenvalue weighted by molar-refractivity contribution is 9.10. The molecule has 1 aliphatic heterocycles. The fraction of sp³-hybridized carbons (Fsp3) is 0.625. The van der Waals surface area contributed by atoms with Crippen molar-refractivity contribution in [2.45, 2.75) is 19.8 Å². The Morgan fingerprint density at radius 2 is 2.05 bits per heavy atom. The predicted molar refractivity (Wildman–Crippen MR) is 87.4 cm³/mol. The van der Waals surface area contributed by atoms with Gasteiger partial charge in [-0.3, -0.25) is 4.90 Å². The van der Waals surface area contributed by atoms with Crippen LogP contribution >= 0.6 is 15.9 Å². The summed E-state index contributed by atoms with van der Waals surface area (Å²) in [5.74, 6) is 1.59. The summed E-state index contributed by atoms with van der Waals surface area (Å²) in [4.78, 5) is 2.46. The van der Waals surface area contributed by atoms with Crippen molar-refractivity contribution >= 4 is 15.9 Å². The zero-order valence-corrected chi connectivity index (χ0v) is 14.4. The minimum absolute atomic E-state index is 0.630. The third-order valence-corrected chi connectivity index (χ3v) is 4.21. The highest BCUT2D eigenvalue weighted by atomic mass is 79.9. The molecule has 0 saturated carbocycles. The first-order chi connectivity index (χ1) is 10.2. The lowest BCUT2D eigenvalue weighted by Crippen LogP contribution is -2.36. The zero-order chi connectivity index (χ0) is 15.1. The molecule has 0 aromatic heterocycles. The number of nitrogens with zero attached hydrogens (tertiary/aromatic N) is 1. The van der Waals surface area contributed by atoms with Gasteiger partial charge in [-0.15, -0.1) is 0 Å². The van der Waals surface area contributed by atoms with E-state index in [1.807, 2.05) is 6.92 Å². The Morgan fingerprint density at radius 3 is 2.71 bits per heavy atom. The molecule has 1 aromatic carbocycles. The van der Waals surface area contributed by atoms with E-state index in [0.717, 1.165) is 61.7 Å². The van der Waals surface area contributed by atoms with Crippen molar-refractivity contribution in [2.24, 2.45) is 0 Å². The lowest BCUT2D eigenvalue weighted by atomic mass is 10.1. The summed E-state index contributed by atoms with van der Waals surface area (Å²) >= 11 is 3.58. The van der Waals surface area contributed by atoms with Crippen LogP contribution in [0.4, 0.5) is 0 Å². The van der Waals surface area contributed by atoms with E-state index in [9.17, 15) is 0 Å². The second-order valence-electron chi connectivity index (χ2n) is 5.10. The van der Waals surface area contributed by atoms with Gasteiger partial charge in [0.05, 0.1) is 31.4 Å². The van der Waals surface area contributed by atoms with Crippen LogP contribution < -0.4 is 9.47 Å². The molecule has 1 aliphatic rings. The molecular weight excluding hydrogens is 334 g/mol. The molecule has 1 aromatic rings. The Kier molecular flexibility index (Phi) is 6.80. The third kappa shape index (κ3) is 4.87. The van der Waals surface area contributed by atoms with Crippen LogP contribution in [-0.2, 0) is 11.2 Å². The molecule has 5 heteroatoms. The van der Waals surface area contributed by atoms with E-state index in [1.165, 1.54) is 5.56 Å². The first kappa shape index (κ1) is 16.6. The molecule has 0 spiro atoms. The molecule has 0 N–H and O–H groups in total. The summed E-state index contributed by atoms with van der Waals surface area (Å²) in [6.07, 6.45) is 2.18. The third-order valence-electron chi connectivity index (χ3n) is 3.62. The number of hydrogen-bond donors (Lipinski definition) is 0. The van der Waals surface area contributed by atoms with Crippen LogP contribution in [0.25, 0.3) is 0 Å². The lowest BCUT2D eigenvalue weighted by molar-refractivity contribution is 0.0374. The minimum atomic E-state index is 0.630. The van der Waals surface area contributed by atoms with Crippen molar-refractivity contribution in [1.29, 1.82) is 0 Å². The van der Waals surface area contributed by atoms with Crippen LogP contribution in [0.15, 0.2) is 16.6 Å². The van der Waals surface area contributed by atoms with E-state index >= 15 is 0 Å². The molecule has 1 heterocycles. The van der Waals surface area contributed by atoms with E-state index in [0.29, 0.717) is 6.61 Å². The Bertz CT molecular complexity index is 447. The van der Waals surface area contributed by atoms with Crippen molar-refractivity contribution in [3.63, 3.8) is 0 Å². The van der Waals surface area contributed by atoms with E-state index in [-0.39, 0.29) is 0 Å². The number of ether oxygens (including phenoxy) is 3. The largest absolute Gasteiger partial charge is 0.493 e. The Hall–Kier alpha value is -0.780. The van der Waals surface area contributed by atoms with Crippen LogP contribution in [0.5, 0.6) is 11.5 Å². The summed E-state index contributed by atoms with van der Waals surface area (Å²) in [6.45, 7) is 7.56. The summed E-state index contributed by atoms with van der Waals surface area (Å²) in [7, 11) is 1.68. The number of methoxy groups -OCH3 is 1. The Labute approximate surface area is 135 Å². The van der Waals surface area contributed by atoms with Gasteiger partial charge in [0, 0.05) is 13.1 Å². The number of morpholine rings is 1. The number of benzene rings is 1. The molecule has 1 fully saturated rings. The highest BCUT2D eigenvalue weighted by Crippen LogP contribution is 2.36. The van der Waals surface area contributed by atoms with Crippen LogP contribution in [0.3, 0.4) is 0 Å². The number of aryl methyl sites for hydroxylation is 1. The van der Waals surface area contributed by atoms with Crippen LogP contribution in [0.2, 0.25) is 0 Å². The van der Waals surface area contributed by atoms with Crippen molar-refractivity contribution in [3.05, 3.63) is 22.2 Å². The van der Waals surface area contributed by atoms with Crippen molar-refractivity contribution in [2.75, 3.05) is 46.6 Å². The van der Waals surface area contributed by atoms with Gasteiger partial charge in [-0.05, 0) is 59.9 Å². The van der Waals surface area contributed by atoms with Crippen molar-refractivity contribution in [1.82, 2.24) is 4.90 Å². The predicted octanol–water partition coefficient (Wildman–Crippen LogP) is 3.12. The second-order valence-corrected chi connectivity index (χ2v) is 5.95. The summed E-state index contributed by atoms with van der Waals surface area (Å²) in [5, 5.41) is 0. The fourth-order valence-corrected chi connectivity index (χ4v) is 3.14. The van der Waals surface area contributed by atoms with Gasteiger partial charge in [0.25, 0.3) is 0 Å². The van der Waals surface area contributed by atoms with Gasteiger partial charge in [0.15, 0.2) is 11.5 Å². The summed E-state index contributed by atoms with van der Waals surface area (Å²) < 4.78 is 17.4. The Morgan fingerprint density at radius 1 is 1.29 bits per heavy atom. The van der Waals surface area contributed by atoms with E-state index in [4.69, 9.17) is 14.2 Å². The molecule has 2 rings (SSSR count). The Balaban J connectivity index is 1.92. The van der Waals surface area contributed by atoms with Crippen LogP contribution in [0.1, 0.15) is 18.9 Å². The van der Waals surface area contributed by atoms with Gasteiger partial charge in [-0.1, -0.05) is 0 Å². The van der Waals surface area contributed by atoms with Crippen molar-refractivity contribution in [3.8, 4) is 11.5 Å². The number of rotatable bonds is 7. The molecular formula is C16H24BrNO3. The first-order valence-corrected chi connectivity index (χ1v) is 8.33. The van der Waals surface area contributed by atoms with Crippen molar-refractivity contribution < 1.29 is 14.2 Å². The molecule has 4 nitrogen and oxygen atoms in total. The van der Waals surface area contributed by atoms with E-state index < -0.39 is 0 Å². The minimum Gasteiger partial charge on any atom is -0.493 e. The summed E-state index contributed by atoms with van der Waals surface area (Å²) in [5.41, 5.74) is 1.27. The highest BCUT2D eigenvalue weighted by Gasteiger charge is 2.12. The van der Waals surface area contributed by atoms with Crippen LogP contribution in [-0.4, -0.2) is 51.5 Å². The van der Waals surface area contributed by atoms with E-state index in [1.54, 1.807) is 7.11 Å². The number of hydrogen-bond acceptors (Lipinski definition) is 4. The molecule has 0 amide bonds. The SMILES string of the molecule is CCOc1c(Br)cc(CCCN2CCOCC2)cc1OC. The summed E-state index contributed by atoms with van der Waals surface area (Å²) in [6, 6.07) is 4.21. The average molecular weight is 358 g/mol. The topological polar surface area (TPSA) is 30.9 Å². The van der Waals surface area contributed by atoms with Gasteiger partial charge >= 0.3 is 0 Å². The van der Waals surface area contributed by atoms with Gasteiger partial charge in [0.1, 0.15) is 0 Å². The molecule has 1 saturated heterocycles. The maximum atomic E-state index is 5.62. The van der Waals surface area contributed by atoms with Gasteiger partial charge in [-0.2, -0.15) is 0 Å². The monoisotopic (exact) mass is 357 g/mol.